The zero-order valence-electron chi connectivity index (χ0n) is 11.4. The number of halogens is 1. The summed E-state index contributed by atoms with van der Waals surface area (Å²) in [6.45, 7) is 1.20. The van der Waals surface area contributed by atoms with Crippen LogP contribution < -0.4 is 0 Å². The summed E-state index contributed by atoms with van der Waals surface area (Å²) in [6, 6.07) is 1.16. The first-order valence-corrected chi connectivity index (χ1v) is 7.10. The minimum Gasteiger partial charge on any atom is -0.396 e. The van der Waals surface area contributed by atoms with Gasteiger partial charge in [-0.2, -0.15) is 0 Å². The maximum atomic E-state index is 12.5. The molecule has 0 saturated carbocycles. The SMILES string of the molecule is O=C(c1cc([N+](=O)[O-])cnc1Cl)N1CCCC(CCO)C1. The number of aromatic nitrogens is 1. The molecule has 1 aromatic heterocycles. The van der Waals surface area contributed by atoms with E-state index in [1.165, 1.54) is 0 Å². The second-order valence-electron chi connectivity index (χ2n) is 5.06. The van der Waals surface area contributed by atoms with Crippen LogP contribution in [0.2, 0.25) is 5.15 Å². The Morgan fingerprint density at radius 3 is 3.05 bits per heavy atom. The lowest BCUT2D eigenvalue weighted by atomic mass is 9.95. The first-order chi connectivity index (χ1) is 10.0. The van der Waals surface area contributed by atoms with Gasteiger partial charge in [0.15, 0.2) is 0 Å². The molecule has 2 heterocycles. The molecule has 1 saturated heterocycles. The van der Waals surface area contributed by atoms with Crippen LogP contribution in [0, 0.1) is 16.0 Å². The van der Waals surface area contributed by atoms with Gasteiger partial charge in [0.1, 0.15) is 11.3 Å². The first kappa shape index (κ1) is 15.7. The van der Waals surface area contributed by atoms with Crippen molar-refractivity contribution in [2.24, 2.45) is 5.92 Å². The molecule has 21 heavy (non-hydrogen) atoms. The van der Waals surface area contributed by atoms with Crippen molar-refractivity contribution in [2.75, 3.05) is 19.7 Å². The maximum absolute atomic E-state index is 12.5. The molecule has 114 valence electrons. The lowest BCUT2D eigenvalue weighted by Gasteiger charge is -2.32. The minimum atomic E-state index is -0.606. The number of piperidine rings is 1. The number of carbonyl (C=O) groups is 1. The van der Waals surface area contributed by atoms with Gasteiger partial charge in [-0.3, -0.25) is 14.9 Å². The summed E-state index contributed by atoms with van der Waals surface area (Å²) in [4.78, 5) is 28.0. The smallest absolute Gasteiger partial charge is 0.288 e. The van der Waals surface area contributed by atoms with E-state index < -0.39 is 4.92 Å². The van der Waals surface area contributed by atoms with Crippen LogP contribution in [-0.4, -0.2) is 45.5 Å². The predicted molar refractivity (Wildman–Crippen MR) is 76.2 cm³/mol. The molecule has 8 heteroatoms. The molecular weight excluding hydrogens is 298 g/mol. The third-order valence-electron chi connectivity index (χ3n) is 3.61. The van der Waals surface area contributed by atoms with Crippen LogP contribution in [0.25, 0.3) is 0 Å². The molecule has 1 fully saturated rings. The van der Waals surface area contributed by atoms with Crippen molar-refractivity contribution in [1.82, 2.24) is 9.88 Å². The molecule has 1 aliphatic heterocycles. The predicted octanol–water partition coefficient (Wildman–Crippen LogP) is 1.88. The number of nitro groups is 1. The van der Waals surface area contributed by atoms with Crippen LogP contribution in [-0.2, 0) is 0 Å². The lowest BCUT2D eigenvalue weighted by molar-refractivity contribution is -0.385. The standard InChI is InChI=1S/C13H16ClN3O4/c14-12-11(6-10(7-15-12)17(20)21)13(19)16-4-1-2-9(8-16)3-5-18/h6-7,9,18H,1-5,8H2. The number of carbonyl (C=O) groups excluding carboxylic acids is 1. The third kappa shape index (κ3) is 3.68. The van der Waals surface area contributed by atoms with E-state index >= 15 is 0 Å². The van der Waals surface area contributed by atoms with Crippen molar-refractivity contribution < 1.29 is 14.8 Å². The highest BCUT2D eigenvalue weighted by Crippen LogP contribution is 2.25. The normalized spacial score (nSPS) is 18.6. The van der Waals surface area contributed by atoms with E-state index in [1.54, 1.807) is 4.90 Å². The number of likely N-dealkylation sites (tertiary alicyclic amines) is 1. The molecule has 7 nitrogen and oxygen atoms in total. The highest BCUT2D eigenvalue weighted by atomic mass is 35.5. The molecule has 0 bridgehead atoms. The van der Waals surface area contributed by atoms with E-state index in [4.69, 9.17) is 16.7 Å². The first-order valence-electron chi connectivity index (χ1n) is 6.73. The molecule has 1 aliphatic rings. The van der Waals surface area contributed by atoms with Crippen molar-refractivity contribution in [2.45, 2.75) is 19.3 Å². The molecule has 0 spiro atoms. The molecule has 0 aliphatic carbocycles. The van der Waals surface area contributed by atoms with Crippen molar-refractivity contribution in [1.29, 1.82) is 0 Å². The summed E-state index contributed by atoms with van der Waals surface area (Å²) < 4.78 is 0. The van der Waals surface area contributed by atoms with Crippen LogP contribution >= 0.6 is 11.6 Å². The van der Waals surface area contributed by atoms with Gasteiger partial charge in [0.2, 0.25) is 0 Å². The molecular formula is C13H16ClN3O4. The Balaban J connectivity index is 2.19. The Morgan fingerprint density at radius 2 is 2.38 bits per heavy atom. The van der Waals surface area contributed by atoms with Gasteiger partial charge in [-0.1, -0.05) is 11.6 Å². The molecule has 2 rings (SSSR count). The molecule has 1 aromatic rings. The summed E-state index contributed by atoms with van der Waals surface area (Å²) in [7, 11) is 0. The fourth-order valence-electron chi connectivity index (χ4n) is 2.52. The number of nitrogens with zero attached hydrogens (tertiary/aromatic N) is 3. The van der Waals surface area contributed by atoms with Gasteiger partial charge in [-0.15, -0.1) is 0 Å². The van der Waals surface area contributed by atoms with Gasteiger partial charge in [-0.05, 0) is 25.2 Å². The maximum Gasteiger partial charge on any atom is 0.288 e. The van der Waals surface area contributed by atoms with E-state index in [1.807, 2.05) is 0 Å². The summed E-state index contributed by atoms with van der Waals surface area (Å²) >= 11 is 5.89. The van der Waals surface area contributed by atoms with Crippen LogP contribution in [0.4, 0.5) is 5.69 Å². The lowest BCUT2D eigenvalue weighted by Crippen LogP contribution is -2.40. The summed E-state index contributed by atoms with van der Waals surface area (Å²) in [5, 5.41) is 19.7. The summed E-state index contributed by atoms with van der Waals surface area (Å²) in [6.07, 6.45) is 3.48. The highest BCUT2D eigenvalue weighted by Gasteiger charge is 2.27. The second-order valence-corrected chi connectivity index (χ2v) is 5.42. The monoisotopic (exact) mass is 313 g/mol. The van der Waals surface area contributed by atoms with Gasteiger partial charge in [0, 0.05) is 25.8 Å². The van der Waals surface area contributed by atoms with Crippen molar-refractivity contribution in [3.8, 4) is 0 Å². The average molecular weight is 314 g/mol. The summed E-state index contributed by atoms with van der Waals surface area (Å²) in [5.41, 5.74) is -0.206. The fraction of sp³-hybridized carbons (Fsp3) is 0.538. The van der Waals surface area contributed by atoms with Gasteiger partial charge < -0.3 is 10.0 Å². The Hall–Kier alpha value is -1.73. The Labute approximate surface area is 126 Å². The van der Waals surface area contributed by atoms with Crippen LogP contribution in [0.1, 0.15) is 29.6 Å². The summed E-state index contributed by atoms with van der Waals surface area (Å²) in [5.74, 6) is -0.100. The number of pyridine rings is 1. The van der Waals surface area contributed by atoms with Gasteiger partial charge in [0.05, 0.1) is 10.5 Å². The fourth-order valence-corrected chi connectivity index (χ4v) is 2.71. The van der Waals surface area contributed by atoms with Crippen LogP contribution in [0.15, 0.2) is 12.3 Å². The van der Waals surface area contributed by atoms with Crippen LogP contribution in [0.5, 0.6) is 0 Å². The second kappa shape index (κ2) is 6.82. The van der Waals surface area contributed by atoms with Gasteiger partial charge >= 0.3 is 0 Å². The van der Waals surface area contributed by atoms with Crippen molar-refractivity contribution >= 4 is 23.2 Å². The highest BCUT2D eigenvalue weighted by molar-refractivity contribution is 6.32. The molecule has 1 amide bonds. The third-order valence-corrected chi connectivity index (χ3v) is 3.91. The molecule has 1 unspecified atom stereocenters. The quantitative estimate of drug-likeness (QED) is 0.520. The molecule has 1 atom stereocenters. The number of aliphatic hydroxyl groups is 1. The van der Waals surface area contributed by atoms with E-state index in [-0.39, 0.29) is 34.8 Å². The van der Waals surface area contributed by atoms with E-state index in [0.717, 1.165) is 25.1 Å². The number of hydrogen-bond acceptors (Lipinski definition) is 5. The zero-order chi connectivity index (χ0) is 15.4. The van der Waals surface area contributed by atoms with Crippen molar-refractivity contribution in [3.05, 3.63) is 33.1 Å². The molecule has 0 aromatic carbocycles. The Bertz CT molecular complexity index is 550. The number of hydrogen-bond donors (Lipinski definition) is 1. The van der Waals surface area contributed by atoms with E-state index in [2.05, 4.69) is 4.98 Å². The topological polar surface area (TPSA) is 96.6 Å². The van der Waals surface area contributed by atoms with Gasteiger partial charge in [0.25, 0.3) is 11.6 Å². The average Bonchev–Trinajstić information content (AvgIpc) is 2.47. The zero-order valence-corrected chi connectivity index (χ0v) is 12.1. The van der Waals surface area contributed by atoms with E-state index in [0.29, 0.717) is 19.5 Å². The molecule has 1 N–H and O–H groups in total. The van der Waals surface area contributed by atoms with E-state index in [9.17, 15) is 14.9 Å². The van der Waals surface area contributed by atoms with Gasteiger partial charge in [-0.25, -0.2) is 4.98 Å². The largest absolute Gasteiger partial charge is 0.396 e. The Kier molecular flexibility index (Phi) is 5.08. The number of aliphatic hydroxyl groups excluding tert-OH is 1. The van der Waals surface area contributed by atoms with Crippen molar-refractivity contribution in [3.63, 3.8) is 0 Å². The molecule has 0 radical (unpaired) electrons. The Morgan fingerprint density at radius 1 is 1.62 bits per heavy atom. The number of rotatable bonds is 4. The van der Waals surface area contributed by atoms with Crippen LogP contribution in [0.3, 0.4) is 0 Å². The minimum absolute atomic E-state index is 0.0325. The number of amides is 1.